The summed E-state index contributed by atoms with van der Waals surface area (Å²) in [6.07, 6.45) is 2.75. The number of hydrogen-bond acceptors (Lipinski definition) is 2. The van der Waals surface area contributed by atoms with E-state index in [0.717, 1.165) is 25.6 Å². The molecule has 0 heterocycles. The van der Waals surface area contributed by atoms with E-state index in [1.54, 1.807) is 5.56 Å². The van der Waals surface area contributed by atoms with E-state index < -0.39 is 0 Å². The quantitative estimate of drug-likeness (QED) is 0.794. The number of rotatable bonds is 5. The van der Waals surface area contributed by atoms with Gasteiger partial charge in [-0.3, -0.25) is 0 Å². The molecule has 2 nitrogen and oxygen atoms in total. The van der Waals surface area contributed by atoms with Crippen molar-refractivity contribution >= 4 is 0 Å². The summed E-state index contributed by atoms with van der Waals surface area (Å²) in [6, 6.07) is 8.82. The highest BCUT2D eigenvalue weighted by atomic mass is 15.1. The Labute approximate surface area is 92.1 Å². The van der Waals surface area contributed by atoms with E-state index in [2.05, 4.69) is 36.2 Å². The molecule has 0 atom stereocenters. The van der Waals surface area contributed by atoms with Crippen molar-refractivity contribution in [3.8, 4) is 0 Å². The molecule has 15 heavy (non-hydrogen) atoms. The zero-order valence-electron chi connectivity index (χ0n) is 9.45. The van der Waals surface area contributed by atoms with E-state index in [1.165, 1.54) is 18.4 Å². The summed E-state index contributed by atoms with van der Waals surface area (Å²) < 4.78 is 0. The Morgan fingerprint density at radius 3 is 2.73 bits per heavy atom. The fourth-order valence-electron chi connectivity index (χ4n) is 2.06. The Balaban J connectivity index is 2.06. The molecule has 0 spiro atoms. The third kappa shape index (κ3) is 2.80. The molecule has 1 aliphatic rings. The van der Waals surface area contributed by atoms with Gasteiger partial charge in [-0.1, -0.05) is 24.3 Å². The highest BCUT2D eigenvalue weighted by molar-refractivity contribution is 5.33. The molecule has 0 aliphatic heterocycles. The van der Waals surface area contributed by atoms with E-state index in [0.29, 0.717) is 0 Å². The van der Waals surface area contributed by atoms with Crippen LogP contribution >= 0.6 is 0 Å². The highest BCUT2D eigenvalue weighted by Gasteiger charge is 2.25. The third-order valence-electron chi connectivity index (χ3n) is 3.02. The largest absolute Gasteiger partial charge is 0.329 e. The zero-order valence-corrected chi connectivity index (χ0v) is 9.45. The van der Waals surface area contributed by atoms with Crippen LogP contribution in [0.3, 0.4) is 0 Å². The minimum absolute atomic E-state index is 0.738. The van der Waals surface area contributed by atoms with Gasteiger partial charge in [0.15, 0.2) is 0 Å². The van der Waals surface area contributed by atoms with Crippen molar-refractivity contribution in [3.63, 3.8) is 0 Å². The van der Waals surface area contributed by atoms with Gasteiger partial charge in [0.1, 0.15) is 0 Å². The van der Waals surface area contributed by atoms with Gasteiger partial charge < -0.3 is 10.6 Å². The standard InChI is InChI=1S/C13H20N2/c1-15(9-8-14)10-12-4-2-3-5-13(12)11-6-7-11/h2-5,11H,6-10,14H2,1H3. The molecular formula is C13H20N2. The highest BCUT2D eigenvalue weighted by Crippen LogP contribution is 2.41. The minimum Gasteiger partial charge on any atom is -0.329 e. The Morgan fingerprint density at radius 2 is 2.07 bits per heavy atom. The third-order valence-corrected chi connectivity index (χ3v) is 3.02. The van der Waals surface area contributed by atoms with Gasteiger partial charge in [-0.25, -0.2) is 0 Å². The molecule has 0 radical (unpaired) electrons. The Kier molecular flexibility index (Phi) is 3.39. The van der Waals surface area contributed by atoms with Crippen LogP contribution in [0.15, 0.2) is 24.3 Å². The Hall–Kier alpha value is -0.860. The SMILES string of the molecule is CN(CCN)Cc1ccccc1C1CC1. The lowest BCUT2D eigenvalue weighted by Crippen LogP contribution is -2.25. The van der Waals surface area contributed by atoms with Gasteiger partial charge in [0, 0.05) is 19.6 Å². The second-order valence-electron chi connectivity index (χ2n) is 4.50. The summed E-state index contributed by atoms with van der Waals surface area (Å²) in [7, 11) is 2.14. The van der Waals surface area contributed by atoms with Crippen LogP contribution in [0.5, 0.6) is 0 Å². The zero-order chi connectivity index (χ0) is 10.7. The number of likely N-dealkylation sites (N-methyl/N-ethyl adjacent to an activating group) is 1. The number of nitrogens with zero attached hydrogens (tertiary/aromatic N) is 1. The van der Waals surface area contributed by atoms with Gasteiger partial charge in [0.2, 0.25) is 0 Å². The van der Waals surface area contributed by atoms with Gasteiger partial charge >= 0.3 is 0 Å². The molecule has 0 bridgehead atoms. The van der Waals surface area contributed by atoms with Crippen molar-refractivity contribution < 1.29 is 0 Å². The van der Waals surface area contributed by atoms with E-state index in [-0.39, 0.29) is 0 Å². The molecule has 0 unspecified atom stereocenters. The lowest BCUT2D eigenvalue weighted by atomic mass is 10.0. The van der Waals surface area contributed by atoms with Crippen LogP contribution < -0.4 is 5.73 Å². The second kappa shape index (κ2) is 4.77. The lowest BCUT2D eigenvalue weighted by molar-refractivity contribution is 0.335. The van der Waals surface area contributed by atoms with E-state index in [1.807, 2.05) is 0 Å². The van der Waals surface area contributed by atoms with Crippen molar-refractivity contribution in [3.05, 3.63) is 35.4 Å². The molecule has 2 heteroatoms. The van der Waals surface area contributed by atoms with Gasteiger partial charge in [-0.15, -0.1) is 0 Å². The van der Waals surface area contributed by atoms with Crippen LogP contribution in [0.2, 0.25) is 0 Å². The van der Waals surface area contributed by atoms with E-state index in [9.17, 15) is 0 Å². The van der Waals surface area contributed by atoms with Gasteiger partial charge in [0.25, 0.3) is 0 Å². The Morgan fingerprint density at radius 1 is 1.33 bits per heavy atom. The van der Waals surface area contributed by atoms with Crippen molar-refractivity contribution in [2.75, 3.05) is 20.1 Å². The summed E-state index contributed by atoms with van der Waals surface area (Å²) in [5, 5.41) is 0. The molecule has 2 N–H and O–H groups in total. The first-order valence-electron chi connectivity index (χ1n) is 5.77. The first-order valence-corrected chi connectivity index (χ1v) is 5.77. The molecule has 1 aromatic rings. The number of hydrogen-bond donors (Lipinski definition) is 1. The maximum absolute atomic E-state index is 5.55. The first kappa shape index (κ1) is 10.7. The predicted molar refractivity (Wildman–Crippen MR) is 63.8 cm³/mol. The molecule has 1 fully saturated rings. The second-order valence-corrected chi connectivity index (χ2v) is 4.50. The number of nitrogens with two attached hydrogens (primary N) is 1. The molecule has 0 amide bonds. The molecule has 1 aromatic carbocycles. The molecule has 0 aromatic heterocycles. The maximum Gasteiger partial charge on any atom is 0.0234 e. The molecule has 0 saturated heterocycles. The minimum atomic E-state index is 0.738. The van der Waals surface area contributed by atoms with Gasteiger partial charge in [0.05, 0.1) is 0 Å². The molecule has 2 rings (SSSR count). The number of benzene rings is 1. The van der Waals surface area contributed by atoms with Crippen LogP contribution in [-0.2, 0) is 6.54 Å². The summed E-state index contributed by atoms with van der Waals surface area (Å²) >= 11 is 0. The van der Waals surface area contributed by atoms with Crippen molar-refractivity contribution in [1.82, 2.24) is 4.90 Å². The summed E-state index contributed by atoms with van der Waals surface area (Å²) in [6.45, 7) is 2.74. The summed E-state index contributed by atoms with van der Waals surface area (Å²) in [5.41, 5.74) is 8.59. The topological polar surface area (TPSA) is 29.3 Å². The molecule has 82 valence electrons. The van der Waals surface area contributed by atoms with Gasteiger partial charge in [-0.05, 0) is 36.9 Å². The molecule has 1 aliphatic carbocycles. The first-order chi connectivity index (χ1) is 7.31. The average Bonchev–Trinajstić information content (AvgIpc) is 3.02. The van der Waals surface area contributed by atoms with Crippen molar-refractivity contribution in [2.24, 2.45) is 5.73 Å². The predicted octanol–water partition coefficient (Wildman–Crippen LogP) is 1.95. The van der Waals surface area contributed by atoms with Crippen molar-refractivity contribution in [2.45, 2.75) is 25.3 Å². The van der Waals surface area contributed by atoms with Crippen molar-refractivity contribution in [1.29, 1.82) is 0 Å². The van der Waals surface area contributed by atoms with Gasteiger partial charge in [-0.2, -0.15) is 0 Å². The Bertz CT molecular complexity index is 318. The van der Waals surface area contributed by atoms with E-state index in [4.69, 9.17) is 5.73 Å². The van der Waals surface area contributed by atoms with Crippen LogP contribution in [0.25, 0.3) is 0 Å². The normalized spacial score (nSPS) is 15.9. The lowest BCUT2D eigenvalue weighted by Gasteiger charge is -2.17. The van der Waals surface area contributed by atoms with Crippen LogP contribution in [0.1, 0.15) is 29.9 Å². The average molecular weight is 204 g/mol. The van der Waals surface area contributed by atoms with Crippen LogP contribution in [0, 0.1) is 0 Å². The fourth-order valence-corrected chi connectivity index (χ4v) is 2.06. The summed E-state index contributed by atoms with van der Waals surface area (Å²) in [5.74, 6) is 0.840. The smallest absolute Gasteiger partial charge is 0.0234 e. The summed E-state index contributed by atoms with van der Waals surface area (Å²) in [4.78, 5) is 2.29. The van der Waals surface area contributed by atoms with Crippen LogP contribution in [0.4, 0.5) is 0 Å². The molecule has 1 saturated carbocycles. The maximum atomic E-state index is 5.55. The molecular weight excluding hydrogens is 184 g/mol. The fraction of sp³-hybridized carbons (Fsp3) is 0.538. The van der Waals surface area contributed by atoms with Crippen LogP contribution in [-0.4, -0.2) is 25.0 Å². The monoisotopic (exact) mass is 204 g/mol. The van der Waals surface area contributed by atoms with E-state index >= 15 is 0 Å².